The highest BCUT2D eigenvalue weighted by Crippen LogP contribution is 2.47. The van der Waals surface area contributed by atoms with Gasteiger partial charge in [-0.2, -0.15) is 5.10 Å². The summed E-state index contributed by atoms with van der Waals surface area (Å²) < 4.78 is 12.2. The van der Waals surface area contributed by atoms with Crippen LogP contribution >= 0.6 is 15.9 Å². The molecule has 3 aromatic rings. The quantitative estimate of drug-likeness (QED) is 0.483. The van der Waals surface area contributed by atoms with Crippen molar-refractivity contribution in [1.29, 1.82) is 0 Å². The lowest BCUT2D eigenvalue weighted by molar-refractivity contribution is -0.0190. The normalized spacial score (nSPS) is 19.4. The van der Waals surface area contributed by atoms with Crippen LogP contribution in [-0.2, 0) is 4.74 Å². The van der Waals surface area contributed by atoms with Crippen molar-refractivity contribution in [2.75, 3.05) is 7.11 Å². The summed E-state index contributed by atoms with van der Waals surface area (Å²) in [5.74, 6) is 0.513. The van der Waals surface area contributed by atoms with Gasteiger partial charge in [-0.1, -0.05) is 58.4 Å². The Balaban J connectivity index is 1.54. The van der Waals surface area contributed by atoms with Crippen LogP contribution in [0.4, 0.5) is 0 Å². The molecule has 30 heavy (non-hydrogen) atoms. The van der Waals surface area contributed by atoms with Gasteiger partial charge in [0, 0.05) is 22.0 Å². The van der Waals surface area contributed by atoms with Crippen molar-refractivity contribution in [3.05, 3.63) is 99.5 Å². The van der Waals surface area contributed by atoms with Crippen molar-refractivity contribution in [2.45, 2.75) is 18.7 Å². The molecule has 0 radical (unpaired) electrons. The van der Waals surface area contributed by atoms with E-state index in [2.05, 4.69) is 34.1 Å². The molecule has 6 heteroatoms. The molecule has 0 saturated heterocycles. The maximum atomic E-state index is 11.8. The van der Waals surface area contributed by atoms with E-state index >= 15 is 0 Å². The van der Waals surface area contributed by atoms with Gasteiger partial charge < -0.3 is 9.47 Å². The van der Waals surface area contributed by atoms with Gasteiger partial charge in [0.1, 0.15) is 5.75 Å². The molecule has 0 aliphatic carbocycles. The number of ether oxygens (including phenoxy) is 2. The summed E-state index contributed by atoms with van der Waals surface area (Å²) in [5.41, 5.74) is 4.71. The number of carbonyl (C=O) groups excluding carboxylic acids is 1. The predicted octanol–water partition coefficient (Wildman–Crippen LogP) is 5.48. The molecule has 0 aromatic heterocycles. The van der Waals surface area contributed by atoms with Crippen LogP contribution in [0.2, 0.25) is 0 Å². The van der Waals surface area contributed by atoms with Crippen molar-refractivity contribution >= 4 is 27.6 Å². The highest BCUT2D eigenvalue weighted by Gasteiger charge is 2.40. The smallest absolute Gasteiger partial charge is 0.337 e. The van der Waals surface area contributed by atoms with E-state index in [0.717, 1.165) is 39.0 Å². The molecule has 0 fully saturated rings. The first-order valence-electron chi connectivity index (χ1n) is 9.69. The zero-order valence-electron chi connectivity index (χ0n) is 16.3. The minimum atomic E-state index is -0.371. The van der Waals surface area contributed by atoms with E-state index in [1.807, 2.05) is 47.5 Å². The standard InChI is InChI=1S/C24H19BrN2O3/c1-29-24(28)17-8-6-16(7-9-17)23-27-21(19-4-2-3-5-22(19)30-23)14-20(26-27)15-10-12-18(25)13-11-15/h2-13,21,23H,14H2,1H3/t21-,23-/m1/s1. The molecule has 0 bridgehead atoms. The van der Waals surface area contributed by atoms with Crippen LogP contribution in [0.15, 0.2) is 82.4 Å². The summed E-state index contributed by atoms with van der Waals surface area (Å²) in [7, 11) is 1.38. The van der Waals surface area contributed by atoms with E-state index in [-0.39, 0.29) is 18.2 Å². The predicted molar refractivity (Wildman–Crippen MR) is 117 cm³/mol. The van der Waals surface area contributed by atoms with Crippen LogP contribution in [0, 0.1) is 0 Å². The first-order chi connectivity index (χ1) is 14.6. The number of fused-ring (bicyclic) bond motifs is 3. The highest BCUT2D eigenvalue weighted by molar-refractivity contribution is 9.10. The number of esters is 1. The van der Waals surface area contributed by atoms with Gasteiger partial charge in [0.15, 0.2) is 0 Å². The van der Waals surface area contributed by atoms with Gasteiger partial charge in [-0.05, 0) is 35.9 Å². The molecule has 0 spiro atoms. The Kier molecular flexibility index (Phi) is 4.79. The molecular formula is C24H19BrN2O3. The first-order valence-corrected chi connectivity index (χ1v) is 10.5. The number of para-hydroxylation sites is 1. The minimum absolute atomic E-state index is 0.0962. The monoisotopic (exact) mass is 462 g/mol. The van der Waals surface area contributed by atoms with Crippen LogP contribution in [-0.4, -0.2) is 23.8 Å². The van der Waals surface area contributed by atoms with Gasteiger partial charge in [-0.25, -0.2) is 9.80 Å². The molecule has 2 heterocycles. The fourth-order valence-electron chi connectivity index (χ4n) is 3.97. The van der Waals surface area contributed by atoms with E-state index in [0.29, 0.717) is 5.56 Å². The van der Waals surface area contributed by atoms with Gasteiger partial charge in [0.2, 0.25) is 6.23 Å². The Morgan fingerprint density at radius 2 is 1.80 bits per heavy atom. The maximum Gasteiger partial charge on any atom is 0.337 e. The number of benzene rings is 3. The molecule has 2 aliphatic rings. The molecule has 0 unspecified atom stereocenters. The number of carbonyl (C=O) groups is 1. The lowest BCUT2D eigenvalue weighted by Crippen LogP contribution is -2.33. The van der Waals surface area contributed by atoms with Crippen molar-refractivity contribution < 1.29 is 14.3 Å². The third-order valence-corrected chi connectivity index (χ3v) is 6.02. The van der Waals surface area contributed by atoms with E-state index in [1.165, 1.54) is 7.11 Å². The Morgan fingerprint density at radius 3 is 2.53 bits per heavy atom. The Labute approximate surface area is 183 Å². The number of hydrogen-bond donors (Lipinski definition) is 0. The molecule has 0 N–H and O–H groups in total. The van der Waals surface area contributed by atoms with Crippen LogP contribution < -0.4 is 4.74 Å². The Bertz CT molecular complexity index is 1130. The summed E-state index contributed by atoms with van der Waals surface area (Å²) >= 11 is 3.49. The molecule has 2 atom stereocenters. The van der Waals surface area contributed by atoms with Crippen LogP contribution in [0.25, 0.3) is 0 Å². The second kappa shape index (κ2) is 7.61. The van der Waals surface area contributed by atoms with Gasteiger partial charge in [-0.15, -0.1) is 0 Å². The van der Waals surface area contributed by atoms with Gasteiger partial charge in [-0.3, -0.25) is 0 Å². The largest absolute Gasteiger partial charge is 0.465 e. The lowest BCUT2D eigenvalue weighted by atomic mass is 9.96. The molecule has 0 saturated carbocycles. The summed E-state index contributed by atoms with van der Waals surface area (Å²) in [6, 6.07) is 23.7. The molecule has 150 valence electrons. The van der Waals surface area contributed by atoms with Crippen LogP contribution in [0.1, 0.15) is 45.7 Å². The fourth-order valence-corrected chi connectivity index (χ4v) is 4.24. The zero-order chi connectivity index (χ0) is 20.7. The molecule has 5 nitrogen and oxygen atoms in total. The third-order valence-electron chi connectivity index (χ3n) is 5.49. The number of halogens is 1. The number of hydrazone groups is 1. The van der Waals surface area contributed by atoms with Gasteiger partial charge >= 0.3 is 5.97 Å². The molecule has 0 amide bonds. The van der Waals surface area contributed by atoms with Crippen LogP contribution in [0.5, 0.6) is 5.75 Å². The third kappa shape index (κ3) is 3.27. The summed E-state index contributed by atoms with van der Waals surface area (Å²) in [5, 5.41) is 6.99. The lowest BCUT2D eigenvalue weighted by Gasteiger charge is -2.38. The van der Waals surface area contributed by atoms with Crippen LogP contribution in [0.3, 0.4) is 0 Å². The second-order valence-electron chi connectivity index (χ2n) is 7.28. The van der Waals surface area contributed by atoms with E-state index < -0.39 is 0 Å². The van der Waals surface area contributed by atoms with Crippen molar-refractivity contribution in [3.8, 4) is 5.75 Å². The van der Waals surface area contributed by atoms with E-state index in [1.54, 1.807) is 12.1 Å². The van der Waals surface area contributed by atoms with Crippen molar-refractivity contribution in [1.82, 2.24) is 5.01 Å². The van der Waals surface area contributed by atoms with E-state index in [4.69, 9.17) is 14.6 Å². The molecule has 2 aliphatic heterocycles. The molecule has 3 aromatic carbocycles. The second-order valence-corrected chi connectivity index (χ2v) is 8.19. The highest BCUT2D eigenvalue weighted by atomic mass is 79.9. The SMILES string of the molecule is COC(=O)c1ccc([C@H]2Oc3ccccc3[C@H]3CC(c4ccc(Br)cc4)=NN32)cc1. The van der Waals surface area contributed by atoms with Gasteiger partial charge in [0.25, 0.3) is 0 Å². The fraction of sp³-hybridized carbons (Fsp3) is 0.167. The Hall–Kier alpha value is -3.12. The topological polar surface area (TPSA) is 51.1 Å². The summed E-state index contributed by atoms with van der Waals surface area (Å²) in [6.07, 6.45) is 0.434. The van der Waals surface area contributed by atoms with Crippen molar-refractivity contribution in [2.24, 2.45) is 5.10 Å². The minimum Gasteiger partial charge on any atom is -0.465 e. The van der Waals surface area contributed by atoms with E-state index in [9.17, 15) is 4.79 Å². The summed E-state index contributed by atoms with van der Waals surface area (Å²) in [4.78, 5) is 11.8. The maximum absolute atomic E-state index is 11.8. The molecule has 5 rings (SSSR count). The number of methoxy groups -OCH3 is 1. The molecular weight excluding hydrogens is 444 g/mol. The average Bonchev–Trinajstić information content (AvgIpc) is 3.24. The van der Waals surface area contributed by atoms with Crippen molar-refractivity contribution in [3.63, 3.8) is 0 Å². The first kappa shape index (κ1) is 18.9. The van der Waals surface area contributed by atoms with Gasteiger partial charge in [0.05, 0.1) is 24.4 Å². The summed E-state index contributed by atoms with van der Waals surface area (Å²) in [6.45, 7) is 0. The average molecular weight is 463 g/mol. The zero-order valence-corrected chi connectivity index (χ0v) is 17.9. The number of hydrogen-bond acceptors (Lipinski definition) is 5. The Morgan fingerprint density at radius 1 is 1.07 bits per heavy atom. The number of rotatable bonds is 3. The number of nitrogens with zero attached hydrogens (tertiary/aromatic N) is 2.